The van der Waals surface area contributed by atoms with E-state index in [0.29, 0.717) is 5.92 Å². The second kappa shape index (κ2) is 5.17. The zero-order chi connectivity index (χ0) is 13.2. The summed E-state index contributed by atoms with van der Waals surface area (Å²) in [5.41, 5.74) is 5.15. The third-order valence-electron chi connectivity index (χ3n) is 4.11. The number of hydrogen-bond acceptors (Lipinski definition) is 2. The fourth-order valence-electron chi connectivity index (χ4n) is 2.90. The second-order valence-corrected chi connectivity index (χ2v) is 5.46. The van der Waals surface area contributed by atoms with E-state index in [1.54, 1.807) is 0 Å². The first kappa shape index (κ1) is 12.4. The van der Waals surface area contributed by atoms with Gasteiger partial charge in [-0.3, -0.25) is 0 Å². The SMILES string of the molecule is Cc1ccc(-n2ncc(C3CCNCC3)c2C)cc1. The van der Waals surface area contributed by atoms with Gasteiger partial charge in [0.2, 0.25) is 0 Å². The van der Waals surface area contributed by atoms with Crippen LogP contribution in [0.2, 0.25) is 0 Å². The van der Waals surface area contributed by atoms with Crippen LogP contribution in [0.15, 0.2) is 30.5 Å². The number of aromatic nitrogens is 2. The summed E-state index contributed by atoms with van der Waals surface area (Å²) in [5, 5.41) is 8.01. The highest BCUT2D eigenvalue weighted by atomic mass is 15.3. The van der Waals surface area contributed by atoms with Crippen LogP contribution in [-0.2, 0) is 0 Å². The summed E-state index contributed by atoms with van der Waals surface area (Å²) in [5.74, 6) is 0.667. The molecule has 1 aliphatic heterocycles. The Kier molecular flexibility index (Phi) is 3.38. The quantitative estimate of drug-likeness (QED) is 0.894. The number of hydrogen-bond donors (Lipinski definition) is 1. The van der Waals surface area contributed by atoms with Crippen molar-refractivity contribution < 1.29 is 0 Å². The summed E-state index contributed by atoms with van der Waals surface area (Å²) in [6.45, 7) is 6.55. The van der Waals surface area contributed by atoms with Crippen LogP contribution in [0.3, 0.4) is 0 Å². The molecule has 19 heavy (non-hydrogen) atoms. The van der Waals surface area contributed by atoms with Crippen LogP contribution >= 0.6 is 0 Å². The molecule has 1 N–H and O–H groups in total. The largest absolute Gasteiger partial charge is 0.317 e. The van der Waals surface area contributed by atoms with Gasteiger partial charge in [-0.15, -0.1) is 0 Å². The van der Waals surface area contributed by atoms with Gasteiger partial charge in [0.25, 0.3) is 0 Å². The molecule has 0 bridgehead atoms. The molecule has 1 saturated heterocycles. The predicted molar refractivity (Wildman–Crippen MR) is 77.9 cm³/mol. The summed E-state index contributed by atoms with van der Waals surface area (Å²) in [7, 11) is 0. The standard InChI is InChI=1S/C16H21N3/c1-12-3-5-15(6-4-12)19-13(2)16(11-18-19)14-7-9-17-10-8-14/h3-6,11,14,17H,7-10H2,1-2H3. The van der Waals surface area contributed by atoms with Crippen LogP contribution in [0.4, 0.5) is 0 Å². The molecule has 2 heterocycles. The van der Waals surface area contributed by atoms with Gasteiger partial charge in [-0.1, -0.05) is 17.7 Å². The Morgan fingerprint density at radius 2 is 1.79 bits per heavy atom. The lowest BCUT2D eigenvalue weighted by molar-refractivity contribution is 0.459. The number of aryl methyl sites for hydroxylation is 1. The smallest absolute Gasteiger partial charge is 0.0648 e. The Morgan fingerprint density at radius 1 is 1.11 bits per heavy atom. The summed E-state index contributed by atoms with van der Waals surface area (Å²) >= 11 is 0. The van der Waals surface area contributed by atoms with Gasteiger partial charge in [-0.2, -0.15) is 5.10 Å². The first-order valence-electron chi connectivity index (χ1n) is 7.08. The van der Waals surface area contributed by atoms with Gasteiger partial charge in [0, 0.05) is 5.69 Å². The molecular weight excluding hydrogens is 234 g/mol. The highest BCUT2D eigenvalue weighted by Gasteiger charge is 2.20. The molecule has 0 spiro atoms. The molecule has 3 heteroatoms. The normalized spacial score (nSPS) is 16.7. The van der Waals surface area contributed by atoms with E-state index in [9.17, 15) is 0 Å². The minimum Gasteiger partial charge on any atom is -0.317 e. The summed E-state index contributed by atoms with van der Waals surface area (Å²) in [6, 6.07) is 8.56. The van der Waals surface area contributed by atoms with Crippen LogP contribution in [0, 0.1) is 13.8 Å². The van der Waals surface area contributed by atoms with Crippen LogP contribution in [0.25, 0.3) is 5.69 Å². The van der Waals surface area contributed by atoms with Crippen molar-refractivity contribution in [2.24, 2.45) is 0 Å². The molecule has 0 saturated carbocycles. The lowest BCUT2D eigenvalue weighted by atomic mass is 9.91. The van der Waals surface area contributed by atoms with Crippen LogP contribution < -0.4 is 5.32 Å². The molecule has 3 nitrogen and oxygen atoms in total. The van der Waals surface area contributed by atoms with Gasteiger partial charge in [0.05, 0.1) is 11.9 Å². The molecule has 0 radical (unpaired) electrons. The molecule has 0 aliphatic carbocycles. The van der Waals surface area contributed by atoms with E-state index < -0.39 is 0 Å². The topological polar surface area (TPSA) is 29.9 Å². The fraction of sp³-hybridized carbons (Fsp3) is 0.438. The van der Waals surface area contributed by atoms with E-state index in [0.717, 1.165) is 18.8 Å². The maximum atomic E-state index is 4.59. The highest BCUT2D eigenvalue weighted by Crippen LogP contribution is 2.28. The van der Waals surface area contributed by atoms with E-state index in [2.05, 4.69) is 59.4 Å². The van der Waals surface area contributed by atoms with Gasteiger partial charge < -0.3 is 5.32 Å². The first-order chi connectivity index (χ1) is 9.25. The molecule has 3 rings (SSSR count). The molecule has 1 aliphatic rings. The Labute approximate surface area is 114 Å². The zero-order valence-corrected chi connectivity index (χ0v) is 11.7. The molecule has 100 valence electrons. The molecule has 2 aromatic rings. The van der Waals surface area contributed by atoms with Gasteiger partial charge in [-0.05, 0) is 63.4 Å². The lowest BCUT2D eigenvalue weighted by Gasteiger charge is -2.22. The number of nitrogens with zero attached hydrogens (tertiary/aromatic N) is 2. The monoisotopic (exact) mass is 255 g/mol. The molecule has 0 atom stereocenters. The highest BCUT2D eigenvalue weighted by molar-refractivity contribution is 5.37. The third-order valence-corrected chi connectivity index (χ3v) is 4.11. The Balaban J connectivity index is 1.91. The van der Waals surface area contributed by atoms with E-state index in [-0.39, 0.29) is 0 Å². The molecular formula is C16H21N3. The van der Waals surface area contributed by atoms with Crippen molar-refractivity contribution in [2.75, 3.05) is 13.1 Å². The van der Waals surface area contributed by atoms with Crippen molar-refractivity contribution in [1.29, 1.82) is 0 Å². The average Bonchev–Trinajstić information content (AvgIpc) is 2.83. The van der Waals surface area contributed by atoms with E-state index in [4.69, 9.17) is 0 Å². The third kappa shape index (κ3) is 2.43. The number of benzene rings is 1. The maximum Gasteiger partial charge on any atom is 0.0648 e. The Morgan fingerprint density at radius 3 is 2.47 bits per heavy atom. The van der Waals surface area contributed by atoms with Crippen LogP contribution in [0.5, 0.6) is 0 Å². The second-order valence-electron chi connectivity index (χ2n) is 5.46. The first-order valence-corrected chi connectivity index (χ1v) is 7.08. The number of rotatable bonds is 2. The number of piperidine rings is 1. The maximum absolute atomic E-state index is 4.59. The fourth-order valence-corrected chi connectivity index (χ4v) is 2.90. The molecule has 1 fully saturated rings. The number of nitrogens with one attached hydrogen (secondary N) is 1. The van der Waals surface area contributed by atoms with Crippen molar-refractivity contribution in [3.63, 3.8) is 0 Å². The van der Waals surface area contributed by atoms with Gasteiger partial charge in [0.1, 0.15) is 0 Å². The average molecular weight is 255 g/mol. The van der Waals surface area contributed by atoms with Crippen LogP contribution in [-0.4, -0.2) is 22.9 Å². The Bertz CT molecular complexity index is 548. The minimum atomic E-state index is 0.667. The van der Waals surface area contributed by atoms with E-state index in [1.165, 1.54) is 29.7 Å². The van der Waals surface area contributed by atoms with Crippen molar-refractivity contribution in [3.05, 3.63) is 47.3 Å². The summed E-state index contributed by atoms with van der Waals surface area (Å²) in [4.78, 5) is 0. The molecule has 0 amide bonds. The predicted octanol–water partition coefficient (Wildman–Crippen LogP) is 2.96. The van der Waals surface area contributed by atoms with Gasteiger partial charge in [-0.25, -0.2) is 4.68 Å². The lowest BCUT2D eigenvalue weighted by Crippen LogP contribution is -2.26. The van der Waals surface area contributed by atoms with Crippen molar-refractivity contribution in [1.82, 2.24) is 15.1 Å². The van der Waals surface area contributed by atoms with Gasteiger partial charge in [0.15, 0.2) is 0 Å². The Hall–Kier alpha value is -1.61. The van der Waals surface area contributed by atoms with Crippen molar-refractivity contribution in [3.8, 4) is 5.69 Å². The molecule has 1 aromatic heterocycles. The minimum absolute atomic E-state index is 0.667. The molecule has 1 aromatic carbocycles. The van der Waals surface area contributed by atoms with Crippen molar-refractivity contribution >= 4 is 0 Å². The van der Waals surface area contributed by atoms with Crippen LogP contribution in [0.1, 0.15) is 35.6 Å². The van der Waals surface area contributed by atoms with E-state index >= 15 is 0 Å². The zero-order valence-electron chi connectivity index (χ0n) is 11.7. The molecule has 0 unspecified atom stereocenters. The summed E-state index contributed by atoms with van der Waals surface area (Å²) < 4.78 is 2.07. The summed E-state index contributed by atoms with van der Waals surface area (Å²) in [6.07, 6.45) is 4.51. The van der Waals surface area contributed by atoms with Crippen molar-refractivity contribution in [2.45, 2.75) is 32.6 Å². The van der Waals surface area contributed by atoms with E-state index in [1.807, 2.05) is 0 Å². The van der Waals surface area contributed by atoms with Gasteiger partial charge >= 0.3 is 0 Å².